The van der Waals surface area contributed by atoms with E-state index in [1.165, 1.54) is 0 Å². The second-order valence-electron chi connectivity index (χ2n) is 7.88. The lowest BCUT2D eigenvalue weighted by Gasteiger charge is -2.41. The summed E-state index contributed by atoms with van der Waals surface area (Å²) in [6.07, 6.45) is 0. The maximum Gasteiger partial charge on any atom is 0.123 e. The molecule has 1 aliphatic heterocycles. The molecular formula is C26H30ClNO2. The van der Waals surface area contributed by atoms with Crippen molar-refractivity contribution in [3.05, 3.63) is 107 Å². The SMILES string of the molecule is Cc1cccc(C(O)(c2ccccc2)C(CN2CCOCC2)c2ccccc2)c1.Cl. The van der Waals surface area contributed by atoms with Crippen molar-refractivity contribution in [1.29, 1.82) is 0 Å². The quantitative estimate of drug-likeness (QED) is 0.620. The third kappa shape index (κ3) is 4.76. The van der Waals surface area contributed by atoms with Crippen LogP contribution in [0.4, 0.5) is 0 Å². The monoisotopic (exact) mass is 423 g/mol. The highest BCUT2D eigenvalue weighted by Crippen LogP contribution is 2.43. The van der Waals surface area contributed by atoms with E-state index in [-0.39, 0.29) is 18.3 Å². The Kier molecular flexibility index (Phi) is 7.68. The largest absolute Gasteiger partial charge is 0.380 e. The van der Waals surface area contributed by atoms with E-state index in [1.54, 1.807) is 0 Å². The molecule has 2 unspecified atom stereocenters. The van der Waals surface area contributed by atoms with Gasteiger partial charge in [0.1, 0.15) is 5.60 Å². The molecule has 0 aromatic heterocycles. The molecule has 1 fully saturated rings. The van der Waals surface area contributed by atoms with Gasteiger partial charge in [0, 0.05) is 25.6 Å². The molecule has 4 heteroatoms. The third-order valence-corrected chi connectivity index (χ3v) is 5.92. The molecule has 1 saturated heterocycles. The lowest BCUT2D eigenvalue weighted by molar-refractivity contribution is 0.000748. The number of benzene rings is 3. The van der Waals surface area contributed by atoms with Crippen LogP contribution in [-0.4, -0.2) is 42.9 Å². The first-order chi connectivity index (χ1) is 14.2. The van der Waals surface area contributed by atoms with Crippen LogP contribution in [0.15, 0.2) is 84.9 Å². The summed E-state index contributed by atoms with van der Waals surface area (Å²) in [7, 11) is 0. The summed E-state index contributed by atoms with van der Waals surface area (Å²) < 4.78 is 5.55. The van der Waals surface area contributed by atoms with E-state index in [0.29, 0.717) is 0 Å². The van der Waals surface area contributed by atoms with Crippen LogP contribution in [0.25, 0.3) is 0 Å². The van der Waals surface area contributed by atoms with Crippen molar-refractivity contribution in [1.82, 2.24) is 4.90 Å². The van der Waals surface area contributed by atoms with Crippen LogP contribution in [0.3, 0.4) is 0 Å². The van der Waals surface area contributed by atoms with Gasteiger partial charge in [0.2, 0.25) is 0 Å². The molecule has 1 N–H and O–H groups in total. The van der Waals surface area contributed by atoms with Crippen molar-refractivity contribution in [2.24, 2.45) is 0 Å². The molecule has 1 heterocycles. The van der Waals surface area contributed by atoms with Gasteiger partial charge >= 0.3 is 0 Å². The standard InChI is InChI=1S/C26H29NO2.ClH/c1-21-9-8-14-24(19-21)26(28,23-12-6-3-7-13-23)25(22-10-4-2-5-11-22)20-27-15-17-29-18-16-27;/h2-14,19,25,28H,15-18,20H2,1H3;1H. The van der Waals surface area contributed by atoms with Crippen molar-refractivity contribution in [2.75, 3.05) is 32.8 Å². The Morgan fingerprint density at radius 3 is 2.10 bits per heavy atom. The molecule has 4 rings (SSSR count). The van der Waals surface area contributed by atoms with Crippen molar-refractivity contribution in [2.45, 2.75) is 18.4 Å². The molecule has 0 radical (unpaired) electrons. The third-order valence-electron chi connectivity index (χ3n) is 5.92. The zero-order valence-corrected chi connectivity index (χ0v) is 18.2. The number of nitrogens with zero attached hydrogens (tertiary/aromatic N) is 1. The van der Waals surface area contributed by atoms with E-state index in [4.69, 9.17) is 4.74 Å². The molecule has 2 atom stereocenters. The molecule has 1 aliphatic rings. The van der Waals surface area contributed by atoms with E-state index in [9.17, 15) is 5.11 Å². The van der Waals surface area contributed by atoms with Gasteiger partial charge in [0.05, 0.1) is 13.2 Å². The number of rotatable bonds is 6. The summed E-state index contributed by atoms with van der Waals surface area (Å²) in [4.78, 5) is 2.41. The number of hydrogen-bond donors (Lipinski definition) is 1. The van der Waals surface area contributed by atoms with Gasteiger partial charge in [-0.25, -0.2) is 0 Å². The first kappa shape index (κ1) is 22.5. The van der Waals surface area contributed by atoms with Crippen molar-refractivity contribution in [3.8, 4) is 0 Å². The average Bonchev–Trinajstić information content (AvgIpc) is 2.79. The Morgan fingerprint density at radius 1 is 0.867 bits per heavy atom. The van der Waals surface area contributed by atoms with Gasteiger partial charge in [-0.3, -0.25) is 4.90 Å². The van der Waals surface area contributed by atoms with E-state index in [1.807, 2.05) is 42.5 Å². The van der Waals surface area contributed by atoms with Gasteiger partial charge in [0.15, 0.2) is 0 Å². The summed E-state index contributed by atoms with van der Waals surface area (Å²) in [6.45, 7) is 6.12. The molecule has 3 aromatic rings. The Labute approximate surface area is 185 Å². The second kappa shape index (κ2) is 10.2. The molecule has 3 nitrogen and oxygen atoms in total. The number of aliphatic hydroxyl groups is 1. The lowest BCUT2D eigenvalue weighted by atomic mass is 9.72. The van der Waals surface area contributed by atoms with Gasteiger partial charge in [-0.1, -0.05) is 90.5 Å². The Bertz CT molecular complexity index is 913. The molecule has 0 spiro atoms. The summed E-state index contributed by atoms with van der Waals surface area (Å²) in [5.74, 6) is -0.106. The van der Waals surface area contributed by atoms with E-state index < -0.39 is 5.60 Å². The van der Waals surface area contributed by atoms with E-state index >= 15 is 0 Å². The predicted molar refractivity (Wildman–Crippen MR) is 124 cm³/mol. The molecule has 30 heavy (non-hydrogen) atoms. The molecule has 3 aromatic carbocycles. The van der Waals surface area contributed by atoms with Gasteiger partial charge in [-0.2, -0.15) is 0 Å². The Hall–Kier alpha value is -2.17. The molecule has 158 valence electrons. The second-order valence-corrected chi connectivity index (χ2v) is 7.88. The molecule has 0 saturated carbocycles. The minimum atomic E-state index is -1.13. The van der Waals surface area contributed by atoms with Gasteiger partial charge < -0.3 is 9.84 Å². The fourth-order valence-electron chi connectivity index (χ4n) is 4.35. The molecular weight excluding hydrogens is 394 g/mol. The first-order valence-corrected chi connectivity index (χ1v) is 10.4. The first-order valence-electron chi connectivity index (χ1n) is 10.4. The lowest BCUT2D eigenvalue weighted by Crippen LogP contribution is -2.45. The van der Waals surface area contributed by atoms with Crippen LogP contribution in [-0.2, 0) is 10.3 Å². The summed E-state index contributed by atoms with van der Waals surface area (Å²) >= 11 is 0. The van der Waals surface area contributed by atoms with Crippen LogP contribution in [0.5, 0.6) is 0 Å². The minimum Gasteiger partial charge on any atom is -0.380 e. The number of hydrogen-bond acceptors (Lipinski definition) is 3. The zero-order chi connectivity index (χ0) is 20.1. The van der Waals surface area contributed by atoms with E-state index in [0.717, 1.165) is 55.1 Å². The Balaban J connectivity index is 0.00000256. The zero-order valence-electron chi connectivity index (χ0n) is 17.4. The normalized spacial score (nSPS) is 17.5. The van der Waals surface area contributed by atoms with Crippen molar-refractivity contribution >= 4 is 12.4 Å². The topological polar surface area (TPSA) is 32.7 Å². The minimum absolute atomic E-state index is 0. The van der Waals surface area contributed by atoms with Gasteiger partial charge in [-0.05, 0) is 23.6 Å². The maximum atomic E-state index is 12.5. The highest BCUT2D eigenvalue weighted by Gasteiger charge is 2.42. The fraction of sp³-hybridized carbons (Fsp3) is 0.308. The van der Waals surface area contributed by atoms with Crippen molar-refractivity contribution in [3.63, 3.8) is 0 Å². The maximum absolute atomic E-state index is 12.5. The molecule has 0 amide bonds. The van der Waals surface area contributed by atoms with Gasteiger partial charge in [0.25, 0.3) is 0 Å². The number of halogens is 1. The summed E-state index contributed by atoms with van der Waals surface area (Å²) in [5, 5.41) is 12.5. The molecule has 0 aliphatic carbocycles. The van der Waals surface area contributed by atoms with Crippen LogP contribution in [0, 0.1) is 6.92 Å². The van der Waals surface area contributed by atoms with Crippen LogP contribution < -0.4 is 0 Å². The molecule has 0 bridgehead atoms. The fourth-order valence-corrected chi connectivity index (χ4v) is 4.35. The number of morpholine rings is 1. The highest BCUT2D eigenvalue weighted by molar-refractivity contribution is 5.85. The number of aryl methyl sites for hydroxylation is 1. The summed E-state index contributed by atoms with van der Waals surface area (Å²) in [6, 6.07) is 28.8. The summed E-state index contributed by atoms with van der Waals surface area (Å²) in [5.41, 5.74) is 3.02. The number of ether oxygens (including phenoxy) is 1. The average molecular weight is 424 g/mol. The van der Waals surface area contributed by atoms with Crippen LogP contribution in [0.1, 0.15) is 28.2 Å². The van der Waals surface area contributed by atoms with Crippen LogP contribution in [0.2, 0.25) is 0 Å². The van der Waals surface area contributed by atoms with Gasteiger partial charge in [-0.15, -0.1) is 12.4 Å². The van der Waals surface area contributed by atoms with E-state index in [2.05, 4.69) is 54.3 Å². The van der Waals surface area contributed by atoms with Crippen LogP contribution >= 0.6 is 12.4 Å². The smallest absolute Gasteiger partial charge is 0.123 e. The predicted octanol–water partition coefficient (Wildman–Crippen LogP) is 4.77. The van der Waals surface area contributed by atoms with Crippen molar-refractivity contribution < 1.29 is 9.84 Å². The highest BCUT2D eigenvalue weighted by atomic mass is 35.5. The Morgan fingerprint density at radius 2 is 1.47 bits per heavy atom.